The second-order valence-corrected chi connectivity index (χ2v) is 6.23. The fourth-order valence-corrected chi connectivity index (χ4v) is 2.80. The number of allylic oxidation sites excluding steroid dienone is 1. The monoisotopic (exact) mass is 383 g/mol. The average molecular weight is 384 g/mol. The summed E-state index contributed by atoms with van der Waals surface area (Å²) in [5.74, 6) is -0.205. The Labute approximate surface area is 159 Å². The molecule has 0 amide bonds. The maximum atomic E-state index is 11.1. The number of benzene rings is 2. The number of aromatic carboxylic acids is 1. The van der Waals surface area contributed by atoms with Crippen molar-refractivity contribution in [2.75, 3.05) is 0 Å². The highest BCUT2D eigenvalue weighted by Crippen LogP contribution is 2.31. The minimum Gasteiger partial charge on any atom is -0.478 e. The first kappa shape index (κ1) is 17.8. The Morgan fingerprint density at radius 1 is 1.08 bits per heavy atom. The molecule has 1 heterocycles. The number of nitriles is 1. The molecule has 0 unspecified atom stereocenters. The Hall–Kier alpha value is -3.00. The summed E-state index contributed by atoms with van der Waals surface area (Å²) in [6.07, 6.45) is 1.59. The standard InChI is InChI=1S/C20H11Cl2NO3/c21-15-3-1-2-12(8-15)14(11-23)9-16-5-7-19(26-16)17-10-13(20(24)25)4-6-18(17)22/h1-10H,(H,24,25)/b14-9-. The topological polar surface area (TPSA) is 74.2 Å². The van der Waals surface area contributed by atoms with Crippen molar-refractivity contribution < 1.29 is 14.3 Å². The molecule has 0 radical (unpaired) electrons. The van der Waals surface area contributed by atoms with Gasteiger partial charge in [0.2, 0.25) is 0 Å². The van der Waals surface area contributed by atoms with Gasteiger partial charge < -0.3 is 9.52 Å². The predicted molar refractivity (Wildman–Crippen MR) is 101 cm³/mol. The summed E-state index contributed by atoms with van der Waals surface area (Å²) in [5.41, 5.74) is 1.63. The molecule has 0 saturated carbocycles. The van der Waals surface area contributed by atoms with Gasteiger partial charge >= 0.3 is 5.97 Å². The van der Waals surface area contributed by atoms with E-state index in [2.05, 4.69) is 6.07 Å². The van der Waals surface area contributed by atoms with E-state index >= 15 is 0 Å². The van der Waals surface area contributed by atoms with Crippen molar-refractivity contribution in [2.45, 2.75) is 0 Å². The molecule has 1 aromatic heterocycles. The van der Waals surface area contributed by atoms with Crippen LogP contribution in [-0.2, 0) is 0 Å². The normalized spacial score (nSPS) is 11.2. The molecule has 26 heavy (non-hydrogen) atoms. The molecular weight excluding hydrogens is 373 g/mol. The Morgan fingerprint density at radius 3 is 2.58 bits per heavy atom. The molecule has 4 nitrogen and oxygen atoms in total. The lowest BCUT2D eigenvalue weighted by molar-refractivity contribution is 0.0697. The molecule has 6 heteroatoms. The molecule has 0 bridgehead atoms. The van der Waals surface area contributed by atoms with Crippen LogP contribution in [0.4, 0.5) is 0 Å². The minimum atomic E-state index is -1.05. The molecule has 3 rings (SSSR count). The van der Waals surface area contributed by atoms with E-state index in [1.54, 1.807) is 42.5 Å². The van der Waals surface area contributed by atoms with Crippen LogP contribution in [0, 0.1) is 11.3 Å². The molecule has 2 aromatic carbocycles. The number of halogens is 2. The fourth-order valence-electron chi connectivity index (χ4n) is 2.40. The van der Waals surface area contributed by atoms with Crippen LogP contribution in [0.3, 0.4) is 0 Å². The maximum Gasteiger partial charge on any atom is 0.335 e. The largest absolute Gasteiger partial charge is 0.478 e. The number of hydrogen-bond donors (Lipinski definition) is 1. The van der Waals surface area contributed by atoms with Gasteiger partial charge in [-0.3, -0.25) is 0 Å². The number of nitrogens with zero attached hydrogens (tertiary/aromatic N) is 1. The van der Waals surface area contributed by atoms with E-state index in [0.29, 0.717) is 38.3 Å². The third-order valence-corrected chi connectivity index (χ3v) is 4.21. The van der Waals surface area contributed by atoms with Crippen molar-refractivity contribution >= 4 is 40.8 Å². The van der Waals surface area contributed by atoms with Crippen molar-refractivity contribution in [1.29, 1.82) is 5.26 Å². The van der Waals surface area contributed by atoms with Gasteiger partial charge in [0.25, 0.3) is 0 Å². The van der Waals surface area contributed by atoms with E-state index in [-0.39, 0.29) is 5.56 Å². The van der Waals surface area contributed by atoms with Crippen molar-refractivity contribution in [3.8, 4) is 17.4 Å². The van der Waals surface area contributed by atoms with E-state index in [9.17, 15) is 10.1 Å². The molecule has 0 atom stereocenters. The van der Waals surface area contributed by atoms with Gasteiger partial charge in [-0.2, -0.15) is 5.26 Å². The van der Waals surface area contributed by atoms with Gasteiger partial charge in [-0.05, 0) is 54.1 Å². The number of carbonyl (C=O) groups is 1. The van der Waals surface area contributed by atoms with Gasteiger partial charge in [-0.1, -0.05) is 35.3 Å². The summed E-state index contributed by atoms with van der Waals surface area (Å²) >= 11 is 12.1. The zero-order valence-electron chi connectivity index (χ0n) is 13.2. The van der Waals surface area contributed by atoms with Gasteiger partial charge in [0, 0.05) is 10.6 Å². The van der Waals surface area contributed by atoms with Crippen LogP contribution < -0.4 is 0 Å². The fraction of sp³-hybridized carbons (Fsp3) is 0. The van der Waals surface area contributed by atoms with Crippen molar-refractivity contribution in [1.82, 2.24) is 0 Å². The van der Waals surface area contributed by atoms with Crippen molar-refractivity contribution in [3.63, 3.8) is 0 Å². The Kier molecular flexibility index (Phi) is 5.13. The van der Waals surface area contributed by atoms with E-state index in [4.69, 9.17) is 32.7 Å². The summed E-state index contributed by atoms with van der Waals surface area (Å²) < 4.78 is 5.73. The summed E-state index contributed by atoms with van der Waals surface area (Å²) in [4.78, 5) is 11.1. The minimum absolute atomic E-state index is 0.106. The third-order valence-electron chi connectivity index (χ3n) is 3.65. The number of carboxylic acid groups (broad SMARTS) is 1. The Morgan fingerprint density at radius 2 is 1.88 bits per heavy atom. The van der Waals surface area contributed by atoms with Crippen LogP contribution in [0.15, 0.2) is 59.0 Å². The summed E-state index contributed by atoms with van der Waals surface area (Å²) in [5, 5.41) is 19.4. The van der Waals surface area contributed by atoms with E-state index in [0.717, 1.165) is 0 Å². The number of rotatable bonds is 4. The van der Waals surface area contributed by atoms with Crippen LogP contribution in [-0.4, -0.2) is 11.1 Å². The second-order valence-electron chi connectivity index (χ2n) is 5.38. The van der Waals surface area contributed by atoms with Crippen molar-refractivity contribution in [2.24, 2.45) is 0 Å². The van der Waals surface area contributed by atoms with Gasteiger partial charge in [0.05, 0.1) is 22.2 Å². The molecule has 1 N–H and O–H groups in total. The highest BCUT2D eigenvalue weighted by Gasteiger charge is 2.12. The molecule has 128 valence electrons. The second kappa shape index (κ2) is 7.49. The summed E-state index contributed by atoms with van der Waals surface area (Å²) in [6, 6.07) is 16.8. The zero-order valence-corrected chi connectivity index (χ0v) is 14.8. The smallest absolute Gasteiger partial charge is 0.335 e. The van der Waals surface area contributed by atoms with Crippen LogP contribution in [0.1, 0.15) is 21.7 Å². The number of furan rings is 1. The van der Waals surface area contributed by atoms with Crippen LogP contribution in [0.25, 0.3) is 23.0 Å². The molecule has 0 spiro atoms. The lowest BCUT2D eigenvalue weighted by Crippen LogP contribution is -1.96. The third kappa shape index (κ3) is 3.80. The van der Waals surface area contributed by atoms with E-state index in [1.807, 2.05) is 0 Å². The SMILES string of the molecule is N#C/C(=C/c1ccc(-c2cc(C(=O)O)ccc2Cl)o1)c1cccc(Cl)c1. The number of hydrogen-bond acceptors (Lipinski definition) is 3. The first-order valence-corrected chi connectivity index (χ1v) is 8.24. The van der Waals surface area contributed by atoms with Gasteiger partial charge in [-0.25, -0.2) is 4.79 Å². The highest BCUT2D eigenvalue weighted by molar-refractivity contribution is 6.33. The van der Waals surface area contributed by atoms with E-state index < -0.39 is 5.97 Å². The average Bonchev–Trinajstić information content (AvgIpc) is 3.08. The lowest BCUT2D eigenvalue weighted by atomic mass is 10.1. The predicted octanol–water partition coefficient (Wildman–Crippen LogP) is 6.02. The number of carboxylic acids is 1. The highest BCUT2D eigenvalue weighted by atomic mass is 35.5. The first-order valence-electron chi connectivity index (χ1n) is 7.48. The van der Waals surface area contributed by atoms with Gasteiger partial charge in [0.1, 0.15) is 11.5 Å². The molecular formula is C20H11Cl2NO3. The molecule has 0 aliphatic heterocycles. The summed E-state index contributed by atoms with van der Waals surface area (Å²) in [6.45, 7) is 0. The Bertz CT molecular complexity index is 1060. The van der Waals surface area contributed by atoms with Crippen LogP contribution in [0.2, 0.25) is 10.0 Å². The molecule has 0 saturated heterocycles. The quantitative estimate of drug-likeness (QED) is 0.559. The molecule has 3 aromatic rings. The van der Waals surface area contributed by atoms with Gasteiger partial charge in [-0.15, -0.1) is 0 Å². The maximum absolute atomic E-state index is 11.1. The van der Waals surface area contributed by atoms with E-state index in [1.165, 1.54) is 18.2 Å². The zero-order chi connectivity index (χ0) is 18.7. The molecule has 0 fully saturated rings. The van der Waals surface area contributed by atoms with Crippen LogP contribution >= 0.6 is 23.2 Å². The summed E-state index contributed by atoms with van der Waals surface area (Å²) in [7, 11) is 0. The first-order chi connectivity index (χ1) is 12.5. The van der Waals surface area contributed by atoms with Gasteiger partial charge in [0.15, 0.2) is 0 Å². The Balaban J connectivity index is 1.99. The molecule has 0 aliphatic carbocycles. The molecule has 0 aliphatic rings. The lowest BCUT2D eigenvalue weighted by Gasteiger charge is -2.03. The van der Waals surface area contributed by atoms with Crippen LogP contribution in [0.5, 0.6) is 0 Å². The van der Waals surface area contributed by atoms with Crippen molar-refractivity contribution in [3.05, 3.63) is 81.5 Å².